The number of guanidine groups is 1. The van der Waals surface area contributed by atoms with Gasteiger partial charge in [-0.05, 0) is 51.4 Å². The van der Waals surface area contributed by atoms with Crippen molar-refractivity contribution >= 4 is 11.7 Å². The molecule has 0 bridgehead atoms. The van der Waals surface area contributed by atoms with Crippen molar-refractivity contribution in [1.29, 1.82) is 0 Å². The van der Waals surface area contributed by atoms with Crippen molar-refractivity contribution in [2.24, 2.45) is 22.4 Å². The van der Waals surface area contributed by atoms with Crippen molar-refractivity contribution in [2.45, 2.75) is 145 Å². The van der Waals surface area contributed by atoms with E-state index in [1.165, 1.54) is 30.4 Å². The Morgan fingerprint density at radius 3 is 1.58 bits per heavy atom. The van der Waals surface area contributed by atoms with Crippen LogP contribution in [-0.4, -0.2) is 130 Å². The molecular weight excluding hydrogens is 686 g/mol. The summed E-state index contributed by atoms with van der Waals surface area (Å²) in [5.41, 5.74) is 10.5. The first-order chi connectivity index (χ1) is 25.0. The molecule has 0 heterocycles. The fourth-order valence-corrected chi connectivity index (χ4v) is 5.28. The lowest BCUT2D eigenvalue weighted by Gasteiger charge is -2.19. The number of allylic oxidation sites excluding steroid dienone is 4. The SMILES string of the molecule is C=C/C=C/C=C/CC(O)C(C)C(=O)CC(O)CC(O)/C=C/CC(O)CC(O)CC(O)/C=C/CC(O)CC(O)/C=C/CC(O)CC(O)CCCN=C(N)N. The molecule has 0 saturated heterocycles. The van der Waals surface area contributed by atoms with Gasteiger partial charge < -0.3 is 62.5 Å². The molecule has 0 aliphatic rings. The molecule has 11 atom stereocenters. The number of carbonyl (C=O) groups is 1. The number of hydrogen-bond donors (Lipinski definition) is 12. The minimum Gasteiger partial charge on any atom is -0.393 e. The predicted molar refractivity (Wildman–Crippen MR) is 206 cm³/mol. The van der Waals surface area contributed by atoms with Gasteiger partial charge in [-0.3, -0.25) is 9.79 Å². The number of aliphatic hydroxyl groups excluding tert-OH is 10. The van der Waals surface area contributed by atoms with Crippen LogP contribution in [0.25, 0.3) is 0 Å². The standard InChI is InChI=1S/C39H67N3O11/c1-3-4-5-6-7-19-37(52)27(2)38(53)26-36(51)25-33(48)17-10-16-32(47)24-35(50)23-31(46)15-9-14-29(44)21-28(43)12-8-13-30(45)22-34(49)18-11-20-42-39(40)41/h3-10,12,15,17,27-37,43-52H,1,11,13-14,16,18-26H2,2H3,(H4,40,41,42)/b5-4+,7-6+,12-8+,15-9+,17-10+. The molecule has 0 spiro atoms. The van der Waals surface area contributed by atoms with Gasteiger partial charge in [-0.1, -0.05) is 80.3 Å². The number of Topliss-reactive ketones (excluding diaryl/α,β-unsaturated/α-hetero) is 1. The summed E-state index contributed by atoms with van der Waals surface area (Å²) >= 11 is 0. The Hall–Kier alpha value is -3.02. The molecule has 304 valence electrons. The second-order valence-corrected chi connectivity index (χ2v) is 13.6. The number of carbonyl (C=O) groups excluding carboxylic acids is 1. The molecule has 0 aliphatic carbocycles. The first-order valence-electron chi connectivity index (χ1n) is 18.4. The van der Waals surface area contributed by atoms with Gasteiger partial charge in [0.05, 0.1) is 61.0 Å². The smallest absolute Gasteiger partial charge is 0.185 e. The van der Waals surface area contributed by atoms with E-state index in [-0.39, 0.29) is 76.0 Å². The van der Waals surface area contributed by atoms with Crippen LogP contribution in [0.5, 0.6) is 0 Å². The molecule has 0 aliphatic heterocycles. The Bertz CT molecular complexity index is 1160. The fourth-order valence-electron chi connectivity index (χ4n) is 5.28. The van der Waals surface area contributed by atoms with Gasteiger partial charge in [0.15, 0.2) is 5.96 Å². The van der Waals surface area contributed by atoms with Crippen LogP contribution in [0, 0.1) is 5.92 Å². The van der Waals surface area contributed by atoms with E-state index in [1.807, 2.05) is 0 Å². The molecule has 0 aromatic carbocycles. The van der Waals surface area contributed by atoms with Gasteiger partial charge in [-0.15, -0.1) is 0 Å². The average Bonchev–Trinajstić information content (AvgIpc) is 3.05. The molecule has 14 heteroatoms. The molecule has 53 heavy (non-hydrogen) atoms. The zero-order valence-corrected chi connectivity index (χ0v) is 31.1. The van der Waals surface area contributed by atoms with E-state index in [9.17, 15) is 55.9 Å². The van der Waals surface area contributed by atoms with E-state index < -0.39 is 67.0 Å². The van der Waals surface area contributed by atoms with E-state index in [1.54, 1.807) is 43.4 Å². The van der Waals surface area contributed by atoms with Crippen LogP contribution in [0.4, 0.5) is 0 Å². The lowest BCUT2D eigenvalue weighted by molar-refractivity contribution is -0.127. The predicted octanol–water partition coefficient (Wildman–Crippen LogP) is 0.722. The summed E-state index contributed by atoms with van der Waals surface area (Å²) in [4.78, 5) is 16.3. The van der Waals surface area contributed by atoms with Crippen LogP contribution < -0.4 is 11.5 Å². The average molecular weight is 754 g/mol. The fraction of sp³-hybridized carbons (Fsp3) is 0.641. The van der Waals surface area contributed by atoms with Gasteiger partial charge in [0.25, 0.3) is 0 Å². The van der Waals surface area contributed by atoms with E-state index >= 15 is 0 Å². The molecular formula is C39H67N3O11. The molecule has 0 saturated carbocycles. The third-order valence-corrected chi connectivity index (χ3v) is 8.31. The van der Waals surface area contributed by atoms with Gasteiger partial charge in [0.2, 0.25) is 0 Å². The highest BCUT2D eigenvalue weighted by molar-refractivity contribution is 5.81. The van der Waals surface area contributed by atoms with Crippen LogP contribution in [0.1, 0.15) is 84.0 Å². The highest BCUT2D eigenvalue weighted by Gasteiger charge is 2.24. The van der Waals surface area contributed by atoms with Crippen molar-refractivity contribution in [3.63, 3.8) is 0 Å². The van der Waals surface area contributed by atoms with Gasteiger partial charge in [0.1, 0.15) is 5.78 Å². The second-order valence-electron chi connectivity index (χ2n) is 13.6. The largest absolute Gasteiger partial charge is 0.393 e. The molecule has 0 fully saturated rings. The number of nitrogens with zero attached hydrogens (tertiary/aromatic N) is 1. The van der Waals surface area contributed by atoms with Crippen molar-refractivity contribution in [3.8, 4) is 0 Å². The maximum Gasteiger partial charge on any atom is 0.185 e. The summed E-state index contributed by atoms with van der Waals surface area (Å²) < 4.78 is 0. The molecule has 0 radical (unpaired) electrons. The van der Waals surface area contributed by atoms with Crippen molar-refractivity contribution in [1.82, 2.24) is 0 Å². The Morgan fingerprint density at radius 2 is 1.08 bits per heavy atom. The normalized spacial score (nSPS) is 18.9. The van der Waals surface area contributed by atoms with Crippen LogP contribution in [0.15, 0.2) is 78.4 Å². The Labute approximate surface area is 314 Å². The lowest BCUT2D eigenvalue weighted by Crippen LogP contribution is -2.29. The molecule has 0 aromatic rings. The van der Waals surface area contributed by atoms with E-state index in [4.69, 9.17) is 11.5 Å². The highest BCUT2D eigenvalue weighted by Crippen LogP contribution is 2.16. The monoisotopic (exact) mass is 753 g/mol. The molecule has 0 amide bonds. The highest BCUT2D eigenvalue weighted by atomic mass is 16.3. The first-order valence-corrected chi connectivity index (χ1v) is 18.4. The van der Waals surface area contributed by atoms with Crippen molar-refractivity contribution in [3.05, 3.63) is 73.4 Å². The van der Waals surface area contributed by atoms with Crippen LogP contribution in [0.3, 0.4) is 0 Å². The number of hydrogen-bond acceptors (Lipinski definition) is 12. The number of rotatable bonds is 31. The summed E-state index contributed by atoms with van der Waals surface area (Å²) in [7, 11) is 0. The van der Waals surface area contributed by atoms with Gasteiger partial charge in [-0.25, -0.2) is 0 Å². The Kier molecular flexibility index (Phi) is 28.6. The van der Waals surface area contributed by atoms with Crippen LogP contribution >= 0.6 is 0 Å². The topological polar surface area (TPSA) is 284 Å². The Balaban J connectivity index is 4.35. The second kappa shape index (κ2) is 30.3. The minimum absolute atomic E-state index is 0.0158. The van der Waals surface area contributed by atoms with E-state index in [0.717, 1.165) is 0 Å². The number of nitrogens with two attached hydrogens (primary N) is 2. The zero-order valence-electron chi connectivity index (χ0n) is 31.1. The molecule has 11 unspecified atom stereocenters. The number of aliphatic hydroxyl groups is 10. The van der Waals surface area contributed by atoms with E-state index in [0.29, 0.717) is 19.4 Å². The summed E-state index contributed by atoms with van der Waals surface area (Å²) in [5, 5.41) is 102. The van der Waals surface area contributed by atoms with Gasteiger partial charge in [0, 0.05) is 38.1 Å². The van der Waals surface area contributed by atoms with Crippen LogP contribution in [-0.2, 0) is 4.79 Å². The quantitative estimate of drug-likeness (QED) is 0.0153. The third kappa shape index (κ3) is 29.1. The van der Waals surface area contributed by atoms with Crippen molar-refractivity contribution in [2.75, 3.05) is 6.54 Å². The van der Waals surface area contributed by atoms with Crippen molar-refractivity contribution < 1.29 is 55.9 Å². The maximum absolute atomic E-state index is 12.4. The van der Waals surface area contributed by atoms with Gasteiger partial charge >= 0.3 is 0 Å². The number of ketones is 1. The summed E-state index contributed by atoms with van der Waals surface area (Å²) in [6.45, 7) is 5.53. The summed E-state index contributed by atoms with van der Waals surface area (Å²) in [6.07, 6.45) is 9.35. The van der Waals surface area contributed by atoms with Gasteiger partial charge in [-0.2, -0.15) is 0 Å². The third-order valence-electron chi connectivity index (χ3n) is 8.31. The van der Waals surface area contributed by atoms with E-state index in [2.05, 4.69) is 11.6 Å². The molecule has 14 nitrogen and oxygen atoms in total. The zero-order chi connectivity index (χ0) is 40.2. The minimum atomic E-state index is -1.12. The molecule has 0 aromatic heterocycles. The summed E-state index contributed by atoms with van der Waals surface area (Å²) in [5.74, 6) is -1.03. The lowest BCUT2D eigenvalue weighted by atomic mass is 9.92. The molecule has 0 rings (SSSR count). The Morgan fingerprint density at radius 1 is 0.604 bits per heavy atom. The number of aliphatic imine (C=N–C) groups is 1. The summed E-state index contributed by atoms with van der Waals surface area (Å²) in [6, 6.07) is 0. The maximum atomic E-state index is 12.4. The first kappa shape index (κ1) is 50.0. The molecule has 14 N–H and O–H groups in total. The van der Waals surface area contributed by atoms with Crippen LogP contribution in [0.2, 0.25) is 0 Å².